The lowest BCUT2D eigenvalue weighted by Gasteiger charge is -2.32. The first kappa shape index (κ1) is 20.3. The Morgan fingerprint density at radius 3 is 2.38 bits per heavy atom. The molecule has 2 rings (SSSR count). The van der Waals surface area contributed by atoms with Gasteiger partial charge in [0, 0.05) is 25.6 Å². The van der Waals surface area contributed by atoms with Gasteiger partial charge in [0.25, 0.3) is 0 Å². The van der Waals surface area contributed by atoms with Gasteiger partial charge >= 0.3 is 0 Å². The fourth-order valence-electron chi connectivity index (χ4n) is 2.73. The van der Waals surface area contributed by atoms with Crippen molar-refractivity contribution in [1.29, 1.82) is 0 Å². The van der Waals surface area contributed by atoms with Gasteiger partial charge in [0.1, 0.15) is 5.75 Å². The molecule has 1 saturated heterocycles. The molecule has 1 heterocycles. The summed E-state index contributed by atoms with van der Waals surface area (Å²) in [6.07, 6.45) is 1.37. The van der Waals surface area contributed by atoms with Crippen LogP contribution in [0.3, 0.4) is 0 Å². The van der Waals surface area contributed by atoms with Gasteiger partial charge in [-0.15, -0.1) is 12.4 Å². The first-order valence-corrected chi connectivity index (χ1v) is 7.96. The van der Waals surface area contributed by atoms with Gasteiger partial charge in [-0.2, -0.15) is 0 Å². The molecule has 0 bridgehead atoms. The number of piperidine rings is 1. The maximum absolute atomic E-state index is 12.2. The van der Waals surface area contributed by atoms with Crippen LogP contribution in [0.4, 0.5) is 0 Å². The molecule has 1 fully saturated rings. The van der Waals surface area contributed by atoms with E-state index in [1.165, 1.54) is 0 Å². The summed E-state index contributed by atoms with van der Waals surface area (Å²) in [5.74, 6) is 0.771. The molecule has 0 saturated carbocycles. The van der Waals surface area contributed by atoms with E-state index < -0.39 is 6.04 Å². The number of benzene rings is 1. The number of hydrogen-bond donors (Lipinski definition) is 2. The highest BCUT2D eigenvalue weighted by Gasteiger charge is 2.28. The molecule has 3 N–H and O–H groups in total. The molecule has 0 radical (unpaired) electrons. The van der Waals surface area contributed by atoms with Crippen molar-refractivity contribution in [3.8, 4) is 5.75 Å². The van der Waals surface area contributed by atoms with Crippen LogP contribution in [0.1, 0.15) is 25.3 Å². The van der Waals surface area contributed by atoms with Crippen molar-refractivity contribution < 1.29 is 14.3 Å². The lowest BCUT2D eigenvalue weighted by Crippen LogP contribution is -2.47. The van der Waals surface area contributed by atoms with E-state index in [0.717, 1.165) is 11.3 Å². The zero-order chi connectivity index (χ0) is 16.8. The largest absolute Gasteiger partial charge is 0.497 e. The van der Waals surface area contributed by atoms with E-state index in [4.69, 9.17) is 10.5 Å². The highest BCUT2D eigenvalue weighted by molar-refractivity contribution is 5.85. The van der Waals surface area contributed by atoms with Crippen molar-refractivity contribution in [1.82, 2.24) is 10.2 Å². The standard InChI is InChI=1S/C17H25N3O3.ClH/c1-12(18)17(22)20-9-7-14(8-10-20)16(21)19-11-13-3-5-15(23-2)6-4-13;/h3-6,12,14H,7-11,18H2,1-2H3,(H,19,21);1H/t12-;/m1./s1. The van der Waals surface area contributed by atoms with Gasteiger partial charge in [-0.3, -0.25) is 9.59 Å². The van der Waals surface area contributed by atoms with E-state index in [-0.39, 0.29) is 30.1 Å². The van der Waals surface area contributed by atoms with Crippen LogP contribution >= 0.6 is 12.4 Å². The van der Waals surface area contributed by atoms with E-state index in [2.05, 4.69) is 5.32 Å². The highest BCUT2D eigenvalue weighted by atomic mass is 35.5. The molecule has 0 spiro atoms. The molecule has 0 aliphatic carbocycles. The van der Waals surface area contributed by atoms with Gasteiger partial charge in [-0.1, -0.05) is 12.1 Å². The second-order valence-corrected chi connectivity index (χ2v) is 5.95. The number of nitrogens with two attached hydrogens (primary N) is 1. The number of carbonyl (C=O) groups is 2. The smallest absolute Gasteiger partial charge is 0.239 e. The lowest BCUT2D eigenvalue weighted by atomic mass is 9.95. The first-order valence-electron chi connectivity index (χ1n) is 7.96. The first-order chi connectivity index (χ1) is 11.0. The molecule has 1 aliphatic heterocycles. The Kier molecular flexibility index (Phi) is 8.01. The summed E-state index contributed by atoms with van der Waals surface area (Å²) in [4.78, 5) is 25.8. The maximum Gasteiger partial charge on any atom is 0.239 e. The molecule has 1 atom stereocenters. The number of methoxy groups -OCH3 is 1. The highest BCUT2D eigenvalue weighted by Crippen LogP contribution is 2.18. The van der Waals surface area contributed by atoms with E-state index in [1.54, 1.807) is 18.9 Å². The number of halogens is 1. The van der Waals surface area contributed by atoms with Gasteiger partial charge in [0.05, 0.1) is 13.2 Å². The monoisotopic (exact) mass is 355 g/mol. The molecule has 24 heavy (non-hydrogen) atoms. The Balaban J connectivity index is 0.00000288. The molecule has 6 nitrogen and oxygen atoms in total. The zero-order valence-electron chi connectivity index (χ0n) is 14.2. The fourth-order valence-corrected chi connectivity index (χ4v) is 2.73. The minimum Gasteiger partial charge on any atom is -0.497 e. The molecular weight excluding hydrogens is 330 g/mol. The molecule has 2 amide bonds. The molecule has 1 aromatic rings. The SMILES string of the molecule is COc1ccc(CNC(=O)C2CCN(C(=O)[C@@H](C)N)CC2)cc1.Cl. The summed E-state index contributed by atoms with van der Waals surface area (Å²) < 4.78 is 5.11. The van der Waals surface area contributed by atoms with Crippen LogP contribution < -0.4 is 15.8 Å². The molecule has 1 aliphatic rings. The predicted molar refractivity (Wildman–Crippen MR) is 95.0 cm³/mol. The van der Waals surface area contributed by atoms with E-state index in [1.807, 2.05) is 24.3 Å². The number of hydrogen-bond acceptors (Lipinski definition) is 4. The number of ether oxygens (including phenoxy) is 1. The second-order valence-electron chi connectivity index (χ2n) is 5.95. The average molecular weight is 356 g/mol. The fraction of sp³-hybridized carbons (Fsp3) is 0.529. The molecule has 7 heteroatoms. The number of likely N-dealkylation sites (tertiary alicyclic amines) is 1. The second kappa shape index (κ2) is 9.49. The van der Waals surface area contributed by atoms with E-state index in [9.17, 15) is 9.59 Å². The Morgan fingerprint density at radius 2 is 1.88 bits per heavy atom. The third-order valence-corrected chi connectivity index (χ3v) is 4.19. The Labute approximate surface area is 149 Å². The van der Waals surface area contributed by atoms with Crippen LogP contribution in [0.5, 0.6) is 5.75 Å². The Hall–Kier alpha value is -1.79. The number of nitrogens with one attached hydrogen (secondary N) is 1. The van der Waals surface area contributed by atoms with Crippen molar-refractivity contribution in [3.63, 3.8) is 0 Å². The number of rotatable bonds is 5. The zero-order valence-corrected chi connectivity index (χ0v) is 15.0. The van der Waals surface area contributed by atoms with Crippen LogP contribution in [-0.2, 0) is 16.1 Å². The minimum atomic E-state index is -0.476. The van der Waals surface area contributed by atoms with E-state index in [0.29, 0.717) is 32.5 Å². The van der Waals surface area contributed by atoms with E-state index >= 15 is 0 Å². The maximum atomic E-state index is 12.2. The molecular formula is C17H26ClN3O3. The van der Waals surface area contributed by atoms with Crippen molar-refractivity contribution in [3.05, 3.63) is 29.8 Å². The number of carbonyl (C=O) groups excluding carboxylic acids is 2. The molecule has 1 aromatic carbocycles. The van der Waals surface area contributed by atoms with Crippen LogP contribution in [0.15, 0.2) is 24.3 Å². The summed E-state index contributed by atoms with van der Waals surface area (Å²) >= 11 is 0. The topological polar surface area (TPSA) is 84.7 Å². The van der Waals surface area contributed by atoms with Gasteiger partial charge in [-0.25, -0.2) is 0 Å². The van der Waals surface area contributed by atoms with Gasteiger partial charge in [0.15, 0.2) is 0 Å². The van der Waals surface area contributed by atoms with Gasteiger partial charge < -0.3 is 20.7 Å². The van der Waals surface area contributed by atoms with Gasteiger partial charge in [0.2, 0.25) is 11.8 Å². The third kappa shape index (κ3) is 5.39. The number of amides is 2. The molecule has 134 valence electrons. The van der Waals surface area contributed by atoms with Crippen molar-refractivity contribution >= 4 is 24.2 Å². The van der Waals surface area contributed by atoms with Crippen molar-refractivity contribution in [2.45, 2.75) is 32.4 Å². The predicted octanol–water partition coefficient (Wildman–Crippen LogP) is 1.32. The minimum absolute atomic E-state index is 0. The van der Waals surface area contributed by atoms with Crippen molar-refractivity contribution in [2.24, 2.45) is 11.7 Å². The normalized spacial score (nSPS) is 16.0. The molecule has 0 aromatic heterocycles. The average Bonchev–Trinajstić information content (AvgIpc) is 2.59. The summed E-state index contributed by atoms with van der Waals surface area (Å²) in [6.45, 7) is 3.39. The quantitative estimate of drug-likeness (QED) is 0.834. The van der Waals surface area contributed by atoms with Crippen LogP contribution in [0, 0.1) is 5.92 Å². The van der Waals surface area contributed by atoms with Gasteiger partial charge in [-0.05, 0) is 37.5 Å². The summed E-state index contributed by atoms with van der Waals surface area (Å²) in [6, 6.07) is 7.14. The molecule has 0 unspecified atom stereocenters. The van der Waals surface area contributed by atoms with Crippen LogP contribution in [-0.4, -0.2) is 43.0 Å². The Bertz CT molecular complexity index is 541. The Morgan fingerprint density at radius 1 is 1.29 bits per heavy atom. The summed E-state index contributed by atoms with van der Waals surface area (Å²) in [5, 5.41) is 2.97. The lowest BCUT2D eigenvalue weighted by molar-refractivity contribution is -0.136. The van der Waals surface area contributed by atoms with Crippen LogP contribution in [0.25, 0.3) is 0 Å². The van der Waals surface area contributed by atoms with Crippen molar-refractivity contribution in [2.75, 3.05) is 20.2 Å². The number of nitrogens with zero attached hydrogens (tertiary/aromatic N) is 1. The summed E-state index contributed by atoms with van der Waals surface area (Å²) in [5.41, 5.74) is 6.65. The van der Waals surface area contributed by atoms with Crippen LogP contribution in [0.2, 0.25) is 0 Å². The summed E-state index contributed by atoms with van der Waals surface area (Å²) in [7, 11) is 1.62. The third-order valence-electron chi connectivity index (χ3n) is 4.19.